The van der Waals surface area contributed by atoms with E-state index in [-0.39, 0.29) is 0 Å². The molecule has 0 amide bonds. The molecule has 0 spiro atoms. The average molecular weight is 256 g/mol. The molecular formula is C16H16O3. The lowest BCUT2D eigenvalue weighted by Crippen LogP contribution is -2.03. The summed E-state index contributed by atoms with van der Waals surface area (Å²) in [5, 5.41) is 9.07. The highest BCUT2D eigenvalue weighted by Gasteiger charge is 2.08. The van der Waals surface area contributed by atoms with Crippen LogP contribution in [0.5, 0.6) is 5.75 Å². The third kappa shape index (κ3) is 3.35. The lowest BCUT2D eigenvalue weighted by Gasteiger charge is -2.08. The van der Waals surface area contributed by atoms with Crippen molar-refractivity contribution in [1.29, 1.82) is 0 Å². The van der Waals surface area contributed by atoms with E-state index in [0.29, 0.717) is 12.2 Å². The van der Waals surface area contributed by atoms with Gasteiger partial charge in [0, 0.05) is 0 Å². The number of aromatic carboxylic acids is 1. The topological polar surface area (TPSA) is 46.5 Å². The average Bonchev–Trinajstić information content (AvgIpc) is 2.39. The normalized spacial score (nSPS) is 10.2. The van der Waals surface area contributed by atoms with Crippen LogP contribution in [-0.4, -0.2) is 11.1 Å². The lowest BCUT2D eigenvalue weighted by atomic mass is 10.1. The van der Waals surface area contributed by atoms with Crippen LogP contribution in [0.25, 0.3) is 0 Å². The molecule has 0 bridgehead atoms. The van der Waals surface area contributed by atoms with Crippen LogP contribution in [0.15, 0.2) is 42.5 Å². The number of rotatable bonds is 4. The quantitative estimate of drug-likeness (QED) is 0.909. The second-order valence-electron chi connectivity index (χ2n) is 4.56. The van der Waals surface area contributed by atoms with E-state index >= 15 is 0 Å². The first-order valence-corrected chi connectivity index (χ1v) is 6.08. The summed E-state index contributed by atoms with van der Waals surface area (Å²) >= 11 is 0. The number of carbonyl (C=O) groups is 1. The van der Waals surface area contributed by atoms with Gasteiger partial charge < -0.3 is 9.84 Å². The molecule has 0 aliphatic heterocycles. The first kappa shape index (κ1) is 13.1. The Morgan fingerprint density at radius 1 is 1.11 bits per heavy atom. The molecule has 0 aliphatic rings. The highest BCUT2D eigenvalue weighted by molar-refractivity contribution is 5.89. The molecule has 19 heavy (non-hydrogen) atoms. The van der Waals surface area contributed by atoms with Crippen LogP contribution in [0.2, 0.25) is 0 Å². The zero-order valence-electron chi connectivity index (χ0n) is 11.0. The number of benzene rings is 2. The number of ether oxygens (including phenoxy) is 1. The molecular weight excluding hydrogens is 240 g/mol. The standard InChI is InChI=1S/C16H16O3/c1-11-3-7-14(8-4-11)19-10-13-6-5-12(2)15(9-13)16(17)18/h3-9H,10H2,1-2H3,(H,17,18). The minimum atomic E-state index is -0.908. The van der Waals surface area contributed by atoms with Gasteiger partial charge >= 0.3 is 5.97 Å². The van der Waals surface area contributed by atoms with Crippen molar-refractivity contribution in [1.82, 2.24) is 0 Å². The Kier molecular flexibility index (Phi) is 3.85. The van der Waals surface area contributed by atoms with E-state index in [1.807, 2.05) is 37.3 Å². The summed E-state index contributed by atoms with van der Waals surface area (Å²) < 4.78 is 5.63. The minimum Gasteiger partial charge on any atom is -0.489 e. The van der Waals surface area contributed by atoms with E-state index in [9.17, 15) is 4.79 Å². The zero-order valence-corrected chi connectivity index (χ0v) is 11.0. The Labute approximate surface area is 112 Å². The third-order valence-corrected chi connectivity index (χ3v) is 2.96. The molecule has 0 radical (unpaired) electrons. The van der Waals surface area contributed by atoms with Crippen molar-refractivity contribution in [3.05, 3.63) is 64.7 Å². The highest BCUT2D eigenvalue weighted by Crippen LogP contribution is 2.16. The van der Waals surface area contributed by atoms with Crippen LogP contribution in [0.4, 0.5) is 0 Å². The zero-order chi connectivity index (χ0) is 13.8. The molecule has 0 saturated carbocycles. The van der Waals surface area contributed by atoms with Crippen LogP contribution >= 0.6 is 0 Å². The number of hydrogen-bond donors (Lipinski definition) is 1. The third-order valence-electron chi connectivity index (χ3n) is 2.96. The molecule has 1 N–H and O–H groups in total. The summed E-state index contributed by atoms with van der Waals surface area (Å²) in [6.45, 7) is 4.17. The van der Waals surface area contributed by atoms with E-state index in [1.54, 1.807) is 19.1 Å². The predicted molar refractivity (Wildman–Crippen MR) is 73.6 cm³/mol. The van der Waals surface area contributed by atoms with Gasteiger partial charge in [0.15, 0.2) is 0 Å². The van der Waals surface area contributed by atoms with Crippen molar-refractivity contribution >= 4 is 5.97 Å². The summed E-state index contributed by atoms with van der Waals surface area (Å²) in [5.41, 5.74) is 3.11. The molecule has 0 heterocycles. The Bertz CT molecular complexity index is 585. The van der Waals surface area contributed by atoms with Gasteiger partial charge in [0.2, 0.25) is 0 Å². The summed E-state index contributed by atoms with van der Waals surface area (Å²) in [5.74, 6) is -0.127. The minimum absolute atomic E-state index is 0.324. The second-order valence-corrected chi connectivity index (χ2v) is 4.56. The summed E-state index contributed by atoms with van der Waals surface area (Å²) in [7, 11) is 0. The molecule has 0 aliphatic carbocycles. The van der Waals surface area contributed by atoms with Crippen LogP contribution in [0.1, 0.15) is 27.0 Å². The van der Waals surface area contributed by atoms with E-state index < -0.39 is 5.97 Å². The fraction of sp³-hybridized carbons (Fsp3) is 0.188. The fourth-order valence-electron chi connectivity index (χ4n) is 1.79. The molecule has 98 valence electrons. The molecule has 2 aromatic carbocycles. The molecule has 0 unspecified atom stereocenters. The van der Waals surface area contributed by atoms with Crippen LogP contribution in [-0.2, 0) is 6.61 Å². The number of aryl methyl sites for hydroxylation is 2. The van der Waals surface area contributed by atoms with E-state index in [1.165, 1.54) is 5.56 Å². The van der Waals surface area contributed by atoms with Gasteiger partial charge in [0.1, 0.15) is 12.4 Å². The van der Waals surface area contributed by atoms with Crippen LogP contribution in [0, 0.1) is 13.8 Å². The molecule has 0 atom stereocenters. The molecule has 0 aromatic heterocycles. The van der Waals surface area contributed by atoms with Crippen molar-refractivity contribution < 1.29 is 14.6 Å². The highest BCUT2D eigenvalue weighted by atomic mass is 16.5. The Morgan fingerprint density at radius 2 is 1.79 bits per heavy atom. The van der Waals surface area contributed by atoms with E-state index in [2.05, 4.69) is 0 Å². The second kappa shape index (κ2) is 5.57. The van der Waals surface area contributed by atoms with Crippen molar-refractivity contribution in [2.24, 2.45) is 0 Å². The van der Waals surface area contributed by atoms with Gasteiger partial charge in [-0.25, -0.2) is 4.79 Å². The molecule has 0 saturated heterocycles. The van der Waals surface area contributed by atoms with E-state index in [0.717, 1.165) is 16.9 Å². The van der Waals surface area contributed by atoms with Gasteiger partial charge in [-0.05, 0) is 43.2 Å². The molecule has 3 nitrogen and oxygen atoms in total. The number of carboxylic acid groups (broad SMARTS) is 1. The van der Waals surface area contributed by atoms with Gasteiger partial charge in [-0.3, -0.25) is 0 Å². The smallest absolute Gasteiger partial charge is 0.335 e. The summed E-state index contributed by atoms with van der Waals surface area (Å²) in [6.07, 6.45) is 0. The van der Waals surface area contributed by atoms with Crippen molar-refractivity contribution in [2.45, 2.75) is 20.5 Å². The van der Waals surface area contributed by atoms with Gasteiger partial charge in [0.25, 0.3) is 0 Å². The van der Waals surface area contributed by atoms with E-state index in [4.69, 9.17) is 9.84 Å². The number of carboxylic acids is 1. The Hall–Kier alpha value is -2.29. The van der Waals surface area contributed by atoms with Gasteiger partial charge in [-0.2, -0.15) is 0 Å². The summed E-state index contributed by atoms with van der Waals surface area (Å²) in [6, 6.07) is 13.1. The largest absolute Gasteiger partial charge is 0.489 e. The van der Waals surface area contributed by atoms with Crippen LogP contribution in [0.3, 0.4) is 0 Å². The first-order chi connectivity index (χ1) is 9.06. The van der Waals surface area contributed by atoms with Crippen molar-refractivity contribution in [3.63, 3.8) is 0 Å². The maximum atomic E-state index is 11.0. The predicted octanol–water partition coefficient (Wildman–Crippen LogP) is 3.58. The Morgan fingerprint density at radius 3 is 2.42 bits per heavy atom. The van der Waals surface area contributed by atoms with Gasteiger partial charge in [0.05, 0.1) is 5.56 Å². The molecule has 0 fully saturated rings. The monoisotopic (exact) mass is 256 g/mol. The lowest BCUT2D eigenvalue weighted by molar-refractivity contribution is 0.0696. The van der Waals surface area contributed by atoms with Crippen LogP contribution < -0.4 is 4.74 Å². The molecule has 3 heteroatoms. The van der Waals surface area contributed by atoms with Gasteiger partial charge in [-0.15, -0.1) is 0 Å². The number of hydrogen-bond acceptors (Lipinski definition) is 2. The molecule has 2 aromatic rings. The maximum Gasteiger partial charge on any atom is 0.335 e. The van der Waals surface area contributed by atoms with Crippen molar-refractivity contribution in [3.8, 4) is 5.75 Å². The Balaban J connectivity index is 2.09. The van der Waals surface area contributed by atoms with Crippen molar-refractivity contribution in [2.75, 3.05) is 0 Å². The SMILES string of the molecule is Cc1ccc(OCc2ccc(C)c(C(=O)O)c2)cc1. The fourth-order valence-corrected chi connectivity index (χ4v) is 1.79. The maximum absolute atomic E-state index is 11.0. The first-order valence-electron chi connectivity index (χ1n) is 6.08. The van der Waals surface area contributed by atoms with Gasteiger partial charge in [-0.1, -0.05) is 29.8 Å². The molecule has 2 rings (SSSR count). The summed E-state index contributed by atoms with van der Waals surface area (Å²) in [4.78, 5) is 11.0.